The molecule has 2 aliphatic rings. The lowest BCUT2D eigenvalue weighted by atomic mass is 9.92. The standard InChI is InChI=1S/C21H19F3N6O3/c22-21(23,24)12-7-14(9-25-8-12)29-10-17(31)30(20(29)32)13-1-3-15(4-2-13)33-19-16-5-6-26-18(16)27-11-28-19/h5-9,11,13,15H,1-4,10H2,(H,26,27,28). The molecule has 3 aromatic rings. The maximum absolute atomic E-state index is 13.0. The number of urea groups is 1. The van der Waals surface area contributed by atoms with Gasteiger partial charge in [-0.2, -0.15) is 13.2 Å². The fraction of sp³-hybridized carbons (Fsp3) is 0.381. The fourth-order valence-electron chi connectivity index (χ4n) is 4.33. The number of nitrogens with one attached hydrogen (secondary N) is 1. The van der Waals surface area contributed by atoms with Crippen LogP contribution in [0.1, 0.15) is 31.2 Å². The predicted molar refractivity (Wildman–Crippen MR) is 109 cm³/mol. The number of imide groups is 1. The Hall–Kier alpha value is -3.70. The van der Waals surface area contributed by atoms with Gasteiger partial charge in [0, 0.05) is 18.4 Å². The van der Waals surface area contributed by atoms with E-state index in [9.17, 15) is 22.8 Å². The zero-order chi connectivity index (χ0) is 23.2. The van der Waals surface area contributed by atoms with Gasteiger partial charge in [0.25, 0.3) is 5.91 Å². The maximum atomic E-state index is 13.0. The van der Waals surface area contributed by atoms with Gasteiger partial charge >= 0.3 is 12.2 Å². The van der Waals surface area contributed by atoms with Crippen molar-refractivity contribution in [3.05, 3.63) is 42.6 Å². The number of fused-ring (bicyclic) bond motifs is 1. The molecule has 0 spiro atoms. The minimum absolute atomic E-state index is 0.0537. The summed E-state index contributed by atoms with van der Waals surface area (Å²) in [6.07, 6.45) is 2.52. The molecule has 0 atom stereocenters. The number of carbonyl (C=O) groups is 2. The van der Waals surface area contributed by atoms with Crippen LogP contribution in [0.15, 0.2) is 37.1 Å². The van der Waals surface area contributed by atoms with Crippen LogP contribution < -0.4 is 9.64 Å². The number of halogens is 3. The van der Waals surface area contributed by atoms with Crippen LogP contribution in [0.5, 0.6) is 5.88 Å². The fourth-order valence-corrected chi connectivity index (χ4v) is 4.33. The topological polar surface area (TPSA) is 104 Å². The third kappa shape index (κ3) is 3.96. The highest BCUT2D eigenvalue weighted by atomic mass is 19.4. The second-order valence-corrected chi connectivity index (χ2v) is 8.03. The van der Waals surface area contributed by atoms with Crippen LogP contribution in [0, 0.1) is 0 Å². The van der Waals surface area contributed by atoms with E-state index in [1.54, 1.807) is 6.20 Å². The van der Waals surface area contributed by atoms with Crippen LogP contribution in [0.2, 0.25) is 0 Å². The molecule has 3 aromatic heterocycles. The molecule has 1 aliphatic heterocycles. The highest BCUT2D eigenvalue weighted by molar-refractivity contribution is 6.12. The van der Waals surface area contributed by atoms with E-state index in [1.165, 1.54) is 6.33 Å². The quantitative estimate of drug-likeness (QED) is 0.598. The van der Waals surface area contributed by atoms with Gasteiger partial charge in [0.15, 0.2) is 0 Å². The molecule has 33 heavy (non-hydrogen) atoms. The summed E-state index contributed by atoms with van der Waals surface area (Å²) in [4.78, 5) is 42.6. The lowest BCUT2D eigenvalue weighted by molar-refractivity contribution is -0.137. The number of hydrogen-bond donors (Lipinski definition) is 1. The van der Waals surface area contributed by atoms with Gasteiger partial charge in [0.05, 0.1) is 22.8 Å². The molecule has 1 saturated heterocycles. The Kier molecular flexibility index (Phi) is 5.14. The van der Waals surface area contributed by atoms with Crippen LogP contribution in [0.3, 0.4) is 0 Å². The number of alkyl halides is 3. The second kappa shape index (κ2) is 8.01. The van der Waals surface area contributed by atoms with Gasteiger partial charge in [0.1, 0.15) is 24.6 Å². The number of pyridine rings is 1. The summed E-state index contributed by atoms with van der Waals surface area (Å²) in [5.74, 6) is 0.0351. The highest BCUT2D eigenvalue weighted by Crippen LogP contribution is 2.34. The van der Waals surface area contributed by atoms with Gasteiger partial charge in [0.2, 0.25) is 5.88 Å². The van der Waals surface area contributed by atoms with Crippen molar-refractivity contribution in [2.45, 2.75) is 44.0 Å². The first kappa shape index (κ1) is 21.2. The summed E-state index contributed by atoms with van der Waals surface area (Å²) in [5.41, 5.74) is -0.356. The number of rotatable bonds is 4. The number of H-pyrrole nitrogens is 1. The van der Waals surface area contributed by atoms with Gasteiger partial charge in [-0.05, 0) is 37.8 Å². The van der Waals surface area contributed by atoms with E-state index < -0.39 is 23.7 Å². The van der Waals surface area contributed by atoms with Crippen LogP contribution in [0.4, 0.5) is 23.7 Å². The van der Waals surface area contributed by atoms with E-state index in [0.717, 1.165) is 27.4 Å². The molecule has 0 radical (unpaired) electrons. The zero-order valence-corrected chi connectivity index (χ0v) is 17.2. The Bertz CT molecular complexity index is 1210. The van der Waals surface area contributed by atoms with E-state index in [0.29, 0.717) is 43.4 Å². The first-order valence-electron chi connectivity index (χ1n) is 10.4. The third-order valence-corrected chi connectivity index (χ3v) is 5.97. The lowest BCUT2D eigenvalue weighted by Crippen LogP contribution is -2.44. The molecule has 9 nitrogen and oxygen atoms in total. The van der Waals surface area contributed by atoms with Crippen LogP contribution >= 0.6 is 0 Å². The minimum Gasteiger partial charge on any atom is -0.474 e. The maximum Gasteiger partial charge on any atom is 0.417 e. The molecule has 4 heterocycles. The van der Waals surface area contributed by atoms with Crippen molar-refractivity contribution in [3.8, 4) is 5.88 Å². The Morgan fingerprint density at radius 1 is 1.09 bits per heavy atom. The number of amides is 3. The number of carbonyl (C=O) groups excluding carboxylic acids is 2. The van der Waals surface area contributed by atoms with Crippen LogP contribution in [0.25, 0.3) is 11.0 Å². The molecular formula is C21H19F3N6O3. The van der Waals surface area contributed by atoms with Crippen molar-refractivity contribution >= 4 is 28.7 Å². The van der Waals surface area contributed by atoms with Gasteiger partial charge in [-0.25, -0.2) is 14.8 Å². The molecular weight excluding hydrogens is 441 g/mol. The van der Waals surface area contributed by atoms with Gasteiger partial charge < -0.3 is 9.72 Å². The molecule has 0 aromatic carbocycles. The lowest BCUT2D eigenvalue weighted by Gasteiger charge is -2.33. The Labute approximate surface area is 185 Å². The normalized spacial score (nSPS) is 21.8. The Morgan fingerprint density at radius 3 is 2.64 bits per heavy atom. The molecule has 5 rings (SSSR count). The number of aromatic amines is 1. The SMILES string of the molecule is O=C1CN(c2cncc(C(F)(F)F)c2)C(=O)N1C1CCC(Oc2ncnc3[nH]ccc23)CC1. The smallest absolute Gasteiger partial charge is 0.417 e. The summed E-state index contributed by atoms with van der Waals surface area (Å²) in [7, 11) is 0. The molecule has 1 saturated carbocycles. The molecule has 1 aliphatic carbocycles. The molecule has 1 N–H and O–H groups in total. The number of hydrogen-bond acceptors (Lipinski definition) is 6. The van der Waals surface area contributed by atoms with Crippen molar-refractivity contribution in [2.75, 3.05) is 11.4 Å². The number of ether oxygens (including phenoxy) is 1. The average Bonchev–Trinajstić information content (AvgIpc) is 3.39. The summed E-state index contributed by atoms with van der Waals surface area (Å²) in [6, 6.07) is 1.69. The van der Waals surface area contributed by atoms with E-state index in [-0.39, 0.29) is 24.4 Å². The zero-order valence-electron chi connectivity index (χ0n) is 17.2. The van der Waals surface area contributed by atoms with Gasteiger partial charge in [-0.1, -0.05) is 0 Å². The Morgan fingerprint density at radius 2 is 1.88 bits per heavy atom. The summed E-state index contributed by atoms with van der Waals surface area (Å²) in [6.45, 7) is -0.315. The van der Waals surface area contributed by atoms with E-state index in [2.05, 4.69) is 19.9 Å². The third-order valence-electron chi connectivity index (χ3n) is 5.97. The van der Waals surface area contributed by atoms with Crippen molar-refractivity contribution in [2.24, 2.45) is 0 Å². The van der Waals surface area contributed by atoms with Gasteiger partial charge in [-0.15, -0.1) is 0 Å². The second-order valence-electron chi connectivity index (χ2n) is 8.03. The number of aromatic nitrogens is 4. The molecule has 0 unspecified atom stereocenters. The molecule has 3 amide bonds. The number of anilines is 1. The van der Waals surface area contributed by atoms with Crippen LogP contribution in [-0.2, 0) is 11.0 Å². The number of nitrogens with zero attached hydrogens (tertiary/aromatic N) is 5. The molecule has 2 fully saturated rings. The van der Waals surface area contributed by atoms with E-state index >= 15 is 0 Å². The van der Waals surface area contributed by atoms with Crippen molar-refractivity contribution < 1.29 is 27.5 Å². The first-order valence-corrected chi connectivity index (χ1v) is 10.4. The monoisotopic (exact) mass is 460 g/mol. The van der Waals surface area contributed by atoms with E-state index in [4.69, 9.17) is 4.74 Å². The molecule has 12 heteroatoms. The largest absolute Gasteiger partial charge is 0.474 e. The van der Waals surface area contributed by atoms with Crippen molar-refractivity contribution in [3.63, 3.8) is 0 Å². The Balaban J connectivity index is 1.25. The first-order chi connectivity index (χ1) is 15.8. The molecule has 172 valence electrons. The van der Waals surface area contributed by atoms with Crippen molar-refractivity contribution in [1.29, 1.82) is 0 Å². The highest BCUT2D eigenvalue weighted by Gasteiger charge is 2.43. The summed E-state index contributed by atoms with van der Waals surface area (Å²) >= 11 is 0. The van der Waals surface area contributed by atoms with Crippen molar-refractivity contribution in [1.82, 2.24) is 24.8 Å². The molecule has 0 bridgehead atoms. The van der Waals surface area contributed by atoms with Gasteiger partial charge in [-0.3, -0.25) is 19.6 Å². The predicted octanol–water partition coefficient (Wildman–Crippen LogP) is 3.53. The summed E-state index contributed by atoms with van der Waals surface area (Å²) in [5, 5.41) is 0.773. The summed E-state index contributed by atoms with van der Waals surface area (Å²) < 4.78 is 45.1. The van der Waals surface area contributed by atoms with Crippen LogP contribution in [-0.4, -0.2) is 55.5 Å². The average molecular weight is 460 g/mol. The minimum atomic E-state index is -4.59. The van der Waals surface area contributed by atoms with E-state index in [1.807, 2.05) is 6.07 Å².